The van der Waals surface area contributed by atoms with E-state index in [-0.39, 0.29) is 6.04 Å². The molecule has 2 aromatic rings. The van der Waals surface area contributed by atoms with Gasteiger partial charge >= 0.3 is 10.4 Å². The van der Waals surface area contributed by atoms with Crippen LogP contribution in [0.25, 0.3) is 0 Å². The second kappa shape index (κ2) is 7.82. The second-order valence-electron chi connectivity index (χ2n) is 5.49. The number of benzene rings is 2. The lowest BCUT2D eigenvalue weighted by Gasteiger charge is -2.30. The SMILES string of the molecule is N[C@H]1CC[C@@H](c2ccc(Cl)c(Cl)c2)c2ccccc21.O=S(=O)(O)O. The molecule has 0 heterocycles. The molecule has 1 aliphatic rings. The van der Waals surface area contributed by atoms with E-state index in [2.05, 4.69) is 30.3 Å². The molecular formula is C16H17Cl2NO4S. The van der Waals surface area contributed by atoms with E-state index < -0.39 is 10.4 Å². The van der Waals surface area contributed by atoms with Crippen LogP contribution in [0, 0.1) is 0 Å². The van der Waals surface area contributed by atoms with E-state index in [0.29, 0.717) is 16.0 Å². The summed E-state index contributed by atoms with van der Waals surface area (Å²) < 4.78 is 31.6. The quantitative estimate of drug-likeness (QED) is 0.632. The summed E-state index contributed by atoms with van der Waals surface area (Å²) in [6.45, 7) is 0. The van der Waals surface area contributed by atoms with E-state index in [1.165, 1.54) is 16.7 Å². The van der Waals surface area contributed by atoms with Crippen LogP contribution in [0.5, 0.6) is 0 Å². The molecule has 4 N–H and O–H groups in total. The Morgan fingerprint density at radius 3 is 2.12 bits per heavy atom. The van der Waals surface area contributed by atoms with Gasteiger partial charge in [-0.3, -0.25) is 9.11 Å². The van der Waals surface area contributed by atoms with Crippen molar-refractivity contribution in [3.63, 3.8) is 0 Å². The summed E-state index contributed by atoms with van der Waals surface area (Å²) in [6.07, 6.45) is 2.05. The smallest absolute Gasteiger partial charge is 0.324 e. The Morgan fingerprint density at radius 1 is 0.958 bits per heavy atom. The average molecular weight is 390 g/mol. The van der Waals surface area contributed by atoms with Crippen molar-refractivity contribution in [3.8, 4) is 0 Å². The lowest BCUT2D eigenvalue weighted by atomic mass is 9.77. The van der Waals surface area contributed by atoms with Gasteiger partial charge in [-0.15, -0.1) is 0 Å². The van der Waals surface area contributed by atoms with Crippen molar-refractivity contribution >= 4 is 33.6 Å². The Hall–Kier alpha value is -1.15. The van der Waals surface area contributed by atoms with Crippen LogP contribution >= 0.6 is 23.2 Å². The fourth-order valence-electron chi connectivity index (χ4n) is 2.90. The van der Waals surface area contributed by atoms with Crippen LogP contribution in [0.1, 0.15) is 41.5 Å². The molecule has 8 heteroatoms. The van der Waals surface area contributed by atoms with E-state index in [1.807, 2.05) is 12.1 Å². The molecule has 0 unspecified atom stereocenters. The fraction of sp³-hybridized carbons (Fsp3) is 0.250. The van der Waals surface area contributed by atoms with Gasteiger partial charge < -0.3 is 5.73 Å². The van der Waals surface area contributed by atoms with Gasteiger partial charge in [-0.25, -0.2) is 0 Å². The standard InChI is InChI=1S/C16H15Cl2N.H2O4S/c17-14-7-5-10(9-15(14)18)11-6-8-16(19)13-4-2-1-3-12(11)13;1-5(2,3)4/h1-5,7,9,11,16H,6,8,19H2;(H2,1,2,3,4)/t11-,16-;/m0./s1. The highest BCUT2D eigenvalue weighted by atomic mass is 35.5. The number of halogens is 2. The van der Waals surface area contributed by atoms with Crippen molar-refractivity contribution in [2.75, 3.05) is 0 Å². The van der Waals surface area contributed by atoms with Crippen LogP contribution < -0.4 is 5.73 Å². The molecule has 0 bridgehead atoms. The molecule has 130 valence electrons. The van der Waals surface area contributed by atoms with Crippen LogP contribution in [0.4, 0.5) is 0 Å². The normalized spacial score (nSPS) is 19.9. The van der Waals surface area contributed by atoms with Gasteiger partial charge in [0, 0.05) is 12.0 Å². The van der Waals surface area contributed by atoms with Gasteiger partial charge in [-0.1, -0.05) is 53.5 Å². The predicted molar refractivity (Wildman–Crippen MR) is 95.1 cm³/mol. The first kappa shape index (κ1) is 19.2. The first-order chi connectivity index (χ1) is 11.2. The number of hydrogen-bond acceptors (Lipinski definition) is 3. The molecular weight excluding hydrogens is 373 g/mol. The highest BCUT2D eigenvalue weighted by Crippen LogP contribution is 2.41. The van der Waals surface area contributed by atoms with Gasteiger partial charge in [-0.2, -0.15) is 8.42 Å². The summed E-state index contributed by atoms with van der Waals surface area (Å²) >= 11 is 12.1. The molecule has 0 amide bonds. The Kier molecular flexibility index (Phi) is 6.25. The molecule has 0 aromatic heterocycles. The van der Waals surface area contributed by atoms with Crippen LogP contribution in [0.3, 0.4) is 0 Å². The van der Waals surface area contributed by atoms with E-state index in [1.54, 1.807) is 0 Å². The van der Waals surface area contributed by atoms with Gasteiger partial charge in [0.15, 0.2) is 0 Å². The molecule has 24 heavy (non-hydrogen) atoms. The van der Waals surface area contributed by atoms with E-state index in [9.17, 15) is 0 Å². The maximum Gasteiger partial charge on any atom is 0.394 e. The fourth-order valence-corrected chi connectivity index (χ4v) is 3.21. The third kappa shape index (κ3) is 5.17. The summed E-state index contributed by atoms with van der Waals surface area (Å²) in [5.41, 5.74) is 9.98. The molecule has 0 radical (unpaired) electrons. The molecule has 2 aromatic carbocycles. The van der Waals surface area contributed by atoms with Gasteiger partial charge in [0.05, 0.1) is 10.0 Å². The molecule has 2 atom stereocenters. The van der Waals surface area contributed by atoms with Crippen molar-refractivity contribution in [1.82, 2.24) is 0 Å². The highest BCUT2D eigenvalue weighted by Gasteiger charge is 2.26. The van der Waals surface area contributed by atoms with Gasteiger partial charge in [0.2, 0.25) is 0 Å². The summed E-state index contributed by atoms with van der Waals surface area (Å²) in [5.74, 6) is 0.366. The summed E-state index contributed by atoms with van der Waals surface area (Å²) in [5, 5.41) is 1.22. The third-order valence-corrected chi connectivity index (χ3v) is 4.62. The Balaban J connectivity index is 0.000000368. The zero-order valence-corrected chi connectivity index (χ0v) is 14.9. The van der Waals surface area contributed by atoms with Gasteiger partial charge in [0.25, 0.3) is 0 Å². The van der Waals surface area contributed by atoms with Crippen molar-refractivity contribution < 1.29 is 17.5 Å². The maximum absolute atomic E-state index is 8.74. The van der Waals surface area contributed by atoms with E-state index in [4.69, 9.17) is 46.5 Å². The van der Waals surface area contributed by atoms with Crippen LogP contribution in [-0.2, 0) is 10.4 Å². The monoisotopic (exact) mass is 389 g/mol. The molecule has 3 rings (SSSR count). The number of rotatable bonds is 1. The number of fused-ring (bicyclic) bond motifs is 1. The van der Waals surface area contributed by atoms with Crippen molar-refractivity contribution in [3.05, 3.63) is 69.2 Å². The Morgan fingerprint density at radius 2 is 1.54 bits per heavy atom. The summed E-state index contributed by atoms with van der Waals surface area (Å²) in [7, 11) is -4.67. The largest absolute Gasteiger partial charge is 0.394 e. The second-order valence-corrected chi connectivity index (χ2v) is 7.20. The number of hydrogen-bond donors (Lipinski definition) is 3. The van der Waals surface area contributed by atoms with E-state index >= 15 is 0 Å². The lowest BCUT2D eigenvalue weighted by Crippen LogP contribution is -2.20. The molecule has 5 nitrogen and oxygen atoms in total. The maximum atomic E-state index is 8.74. The molecule has 0 saturated carbocycles. The molecule has 0 spiro atoms. The highest BCUT2D eigenvalue weighted by molar-refractivity contribution is 7.79. The van der Waals surface area contributed by atoms with Crippen molar-refractivity contribution in [2.24, 2.45) is 5.73 Å². The first-order valence-corrected chi connectivity index (χ1v) is 9.31. The third-order valence-electron chi connectivity index (χ3n) is 3.88. The van der Waals surface area contributed by atoms with Crippen LogP contribution in [0.15, 0.2) is 42.5 Å². The minimum Gasteiger partial charge on any atom is -0.324 e. The minimum atomic E-state index is -4.67. The zero-order valence-electron chi connectivity index (χ0n) is 12.6. The molecule has 0 aliphatic heterocycles. The number of nitrogens with two attached hydrogens (primary N) is 1. The predicted octanol–water partition coefficient (Wildman–Crippen LogP) is 4.27. The van der Waals surface area contributed by atoms with Gasteiger partial charge in [0.1, 0.15) is 0 Å². The van der Waals surface area contributed by atoms with Crippen LogP contribution in [-0.4, -0.2) is 17.5 Å². The Labute approximate surface area is 151 Å². The topological polar surface area (TPSA) is 101 Å². The van der Waals surface area contributed by atoms with E-state index in [0.717, 1.165) is 12.8 Å². The van der Waals surface area contributed by atoms with Crippen LogP contribution in [0.2, 0.25) is 10.0 Å². The molecule has 1 aliphatic carbocycles. The van der Waals surface area contributed by atoms with Crippen molar-refractivity contribution in [1.29, 1.82) is 0 Å². The summed E-state index contributed by atoms with van der Waals surface area (Å²) in [4.78, 5) is 0. The molecule has 0 fully saturated rings. The lowest BCUT2D eigenvalue weighted by molar-refractivity contribution is 0.381. The van der Waals surface area contributed by atoms with Crippen molar-refractivity contribution in [2.45, 2.75) is 24.8 Å². The Bertz CT molecular complexity index is 819. The minimum absolute atomic E-state index is 0.148. The molecule has 0 saturated heterocycles. The zero-order chi connectivity index (χ0) is 17.9. The average Bonchev–Trinajstić information content (AvgIpc) is 2.49. The summed E-state index contributed by atoms with van der Waals surface area (Å²) in [6, 6.07) is 14.5. The van der Waals surface area contributed by atoms with Gasteiger partial charge in [-0.05, 0) is 41.7 Å². The first-order valence-electron chi connectivity index (χ1n) is 7.16.